The van der Waals surface area contributed by atoms with E-state index < -0.39 is 0 Å². The predicted octanol–water partition coefficient (Wildman–Crippen LogP) is 1.51. The van der Waals surface area contributed by atoms with Crippen molar-refractivity contribution in [2.75, 3.05) is 43.4 Å². The van der Waals surface area contributed by atoms with Gasteiger partial charge in [0.25, 0.3) is 0 Å². The lowest BCUT2D eigenvalue weighted by atomic mass is 10.1. The van der Waals surface area contributed by atoms with E-state index in [4.69, 9.17) is 5.41 Å². The highest BCUT2D eigenvalue weighted by Crippen LogP contribution is 2.17. The minimum Gasteiger partial charge on any atom is -0.368 e. The van der Waals surface area contributed by atoms with E-state index in [0.29, 0.717) is 23.7 Å². The van der Waals surface area contributed by atoms with E-state index in [2.05, 4.69) is 30.8 Å². The molecule has 23 heavy (non-hydrogen) atoms. The van der Waals surface area contributed by atoms with Gasteiger partial charge in [0.15, 0.2) is 0 Å². The van der Waals surface area contributed by atoms with Gasteiger partial charge >= 0.3 is 6.03 Å². The normalized spacial score (nSPS) is 15.0. The molecule has 126 valence electrons. The van der Waals surface area contributed by atoms with Crippen molar-refractivity contribution in [2.45, 2.75) is 26.2 Å². The first-order valence-corrected chi connectivity index (χ1v) is 8.11. The first kappa shape index (κ1) is 17.1. The van der Waals surface area contributed by atoms with Crippen LogP contribution in [0.4, 0.5) is 16.4 Å². The highest BCUT2D eigenvalue weighted by atomic mass is 16.2. The third-order valence-electron chi connectivity index (χ3n) is 3.77. The van der Waals surface area contributed by atoms with Crippen LogP contribution in [0.3, 0.4) is 0 Å². The predicted molar refractivity (Wildman–Crippen MR) is 91.4 cm³/mol. The topological polar surface area (TPSA) is 106 Å². The summed E-state index contributed by atoms with van der Waals surface area (Å²) >= 11 is 0. The van der Waals surface area contributed by atoms with E-state index in [0.717, 1.165) is 32.4 Å². The molecule has 0 bridgehead atoms. The van der Waals surface area contributed by atoms with Crippen molar-refractivity contribution in [3.8, 4) is 0 Å². The number of aromatic nitrogens is 2. The van der Waals surface area contributed by atoms with Gasteiger partial charge in [-0.1, -0.05) is 6.42 Å². The molecule has 4 N–H and O–H groups in total. The number of hydrogen-bond donors (Lipinski definition) is 4. The molecule has 8 heteroatoms. The van der Waals surface area contributed by atoms with Gasteiger partial charge in [-0.05, 0) is 32.9 Å². The maximum Gasteiger partial charge on any atom is 0.320 e. The Morgan fingerprint density at radius 1 is 1.30 bits per heavy atom. The number of nitrogens with zero attached hydrogens (tertiary/aromatic N) is 3. The lowest BCUT2D eigenvalue weighted by molar-refractivity contribution is 0.237. The van der Waals surface area contributed by atoms with Gasteiger partial charge in [0.2, 0.25) is 0 Å². The third-order valence-corrected chi connectivity index (χ3v) is 3.77. The second-order valence-corrected chi connectivity index (χ2v) is 5.44. The number of amides is 2. The van der Waals surface area contributed by atoms with Crippen molar-refractivity contribution in [1.82, 2.24) is 20.2 Å². The number of piperidine rings is 1. The summed E-state index contributed by atoms with van der Waals surface area (Å²) in [6.45, 7) is 6.35. The monoisotopic (exact) mass is 319 g/mol. The number of carbonyl (C=O) groups excluding carboxylic acids is 1. The molecular formula is C15H25N7O. The van der Waals surface area contributed by atoms with Crippen LogP contribution in [0, 0.1) is 5.41 Å². The van der Waals surface area contributed by atoms with E-state index in [-0.39, 0.29) is 6.03 Å². The van der Waals surface area contributed by atoms with Crippen LogP contribution in [0.25, 0.3) is 0 Å². The first-order valence-electron chi connectivity index (χ1n) is 8.11. The van der Waals surface area contributed by atoms with Crippen molar-refractivity contribution in [1.29, 1.82) is 5.41 Å². The van der Waals surface area contributed by atoms with Gasteiger partial charge in [0.05, 0.1) is 5.56 Å². The molecule has 2 amide bonds. The molecule has 1 aliphatic rings. The smallest absolute Gasteiger partial charge is 0.320 e. The van der Waals surface area contributed by atoms with Crippen LogP contribution in [-0.2, 0) is 0 Å². The van der Waals surface area contributed by atoms with Crippen LogP contribution in [0.5, 0.6) is 0 Å². The Kier molecular flexibility index (Phi) is 6.74. The SMILES string of the molecule is CCNC(=O)Nc1ncnc(NCCN2CCCCC2)c1C=N. The summed E-state index contributed by atoms with van der Waals surface area (Å²) < 4.78 is 0. The standard InChI is InChI=1S/C15H25N7O/c1-2-17-15(23)21-14-12(10-16)13(19-11-20-14)18-6-9-22-7-4-3-5-8-22/h10-11,16H,2-9H2,1H3,(H3,17,18,19,20,21,23). The van der Waals surface area contributed by atoms with Gasteiger partial charge in [-0.25, -0.2) is 14.8 Å². The second kappa shape index (κ2) is 9.04. The number of urea groups is 1. The molecule has 1 fully saturated rings. The van der Waals surface area contributed by atoms with Crippen LogP contribution in [0.15, 0.2) is 6.33 Å². The minimum absolute atomic E-state index is 0.335. The Bertz CT molecular complexity index is 529. The molecule has 0 aliphatic carbocycles. The van der Waals surface area contributed by atoms with E-state index >= 15 is 0 Å². The van der Waals surface area contributed by atoms with Gasteiger partial charge in [-0.15, -0.1) is 0 Å². The molecule has 1 aromatic heterocycles. The molecule has 1 saturated heterocycles. The maximum atomic E-state index is 11.6. The highest BCUT2D eigenvalue weighted by Gasteiger charge is 2.13. The summed E-state index contributed by atoms with van der Waals surface area (Å²) in [5.74, 6) is 0.903. The molecule has 0 atom stereocenters. The Morgan fingerprint density at radius 2 is 2.04 bits per heavy atom. The Morgan fingerprint density at radius 3 is 2.74 bits per heavy atom. The molecule has 0 saturated carbocycles. The minimum atomic E-state index is -0.339. The summed E-state index contributed by atoms with van der Waals surface area (Å²) in [6, 6.07) is -0.339. The van der Waals surface area contributed by atoms with Gasteiger partial charge in [-0.3, -0.25) is 5.32 Å². The van der Waals surface area contributed by atoms with Crippen LogP contribution < -0.4 is 16.0 Å². The number of rotatable bonds is 7. The Labute approximate surface area is 136 Å². The lowest BCUT2D eigenvalue weighted by Crippen LogP contribution is -2.34. The molecule has 1 aliphatic heterocycles. The number of nitrogens with one attached hydrogen (secondary N) is 4. The van der Waals surface area contributed by atoms with Crippen molar-refractivity contribution < 1.29 is 4.79 Å². The maximum absolute atomic E-state index is 11.6. The van der Waals surface area contributed by atoms with Gasteiger partial charge in [0, 0.05) is 25.8 Å². The van der Waals surface area contributed by atoms with E-state index in [9.17, 15) is 4.79 Å². The first-order chi connectivity index (χ1) is 11.2. The van der Waals surface area contributed by atoms with E-state index in [1.807, 2.05) is 6.92 Å². The second-order valence-electron chi connectivity index (χ2n) is 5.44. The number of anilines is 2. The van der Waals surface area contributed by atoms with Crippen LogP contribution in [0.1, 0.15) is 31.7 Å². The molecule has 0 aromatic carbocycles. The van der Waals surface area contributed by atoms with Crippen LogP contribution in [0.2, 0.25) is 0 Å². The fourth-order valence-corrected chi connectivity index (χ4v) is 2.60. The highest BCUT2D eigenvalue weighted by molar-refractivity contribution is 5.97. The van der Waals surface area contributed by atoms with Gasteiger partial charge < -0.3 is 20.9 Å². The third kappa shape index (κ3) is 5.17. The zero-order valence-electron chi connectivity index (χ0n) is 13.6. The van der Waals surface area contributed by atoms with Crippen LogP contribution in [-0.4, -0.2) is 59.8 Å². The summed E-state index contributed by atoms with van der Waals surface area (Å²) in [5.41, 5.74) is 0.484. The van der Waals surface area contributed by atoms with Crippen LogP contribution >= 0.6 is 0 Å². The summed E-state index contributed by atoms with van der Waals surface area (Å²) in [4.78, 5) is 22.3. The largest absolute Gasteiger partial charge is 0.368 e. The number of hydrogen-bond acceptors (Lipinski definition) is 6. The molecule has 0 spiro atoms. The summed E-state index contributed by atoms with van der Waals surface area (Å²) in [6.07, 6.45) is 6.39. The average molecular weight is 319 g/mol. The van der Waals surface area contributed by atoms with E-state index in [1.165, 1.54) is 25.6 Å². The molecule has 1 aromatic rings. The van der Waals surface area contributed by atoms with Crippen molar-refractivity contribution in [3.05, 3.63) is 11.9 Å². The molecule has 0 radical (unpaired) electrons. The molecule has 0 unspecified atom stereocenters. The van der Waals surface area contributed by atoms with Crippen molar-refractivity contribution in [3.63, 3.8) is 0 Å². The fraction of sp³-hybridized carbons (Fsp3) is 0.600. The quantitative estimate of drug-likeness (QED) is 0.570. The van der Waals surface area contributed by atoms with E-state index in [1.54, 1.807) is 0 Å². The molecular weight excluding hydrogens is 294 g/mol. The summed E-state index contributed by atoms with van der Waals surface area (Å²) in [7, 11) is 0. The zero-order chi connectivity index (χ0) is 16.5. The molecule has 2 rings (SSSR count). The summed E-state index contributed by atoms with van der Waals surface area (Å²) in [5, 5.41) is 16.1. The van der Waals surface area contributed by atoms with Gasteiger partial charge in [0.1, 0.15) is 18.0 Å². The Balaban J connectivity index is 1.94. The average Bonchev–Trinajstić information content (AvgIpc) is 2.56. The molecule has 2 heterocycles. The van der Waals surface area contributed by atoms with Gasteiger partial charge in [-0.2, -0.15) is 0 Å². The molecule has 8 nitrogen and oxygen atoms in total. The fourth-order valence-electron chi connectivity index (χ4n) is 2.60. The van der Waals surface area contributed by atoms with Crippen molar-refractivity contribution in [2.24, 2.45) is 0 Å². The number of carbonyl (C=O) groups is 1. The van der Waals surface area contributed by atoms with Crippen molar-refractivity contribution >= 4 is 23.9 Å². The number of likely N-dealkylation sites (tertiary alicyclic amines) is 1. The zero-order valence-corrected chi connectivity index (χ0v) is 13.6. The Hall–Kier alpha value is -2.22. The lowest BCUT2D eigenvalue weighted by Gasteiger charge is -2.26.